The molecule has 0 bridgehead atoms. The topological polar surface area (TPSA) is 40.5 Å². The Morgan fingerprint density at radius 1 is 1.35 bits per heavy atom. The van der Waals surface area contributed by atoms with Crippen molar-refractivity contribution in [2.24, 2.45) is 0 Å². The summed E-state index contributed by atoms with van der Waals surface area (Å²) in [6.07, 6.45) is 0.189. The van der Waals surface area contributed by atoms with E-state index in [1.165, 1.54) is 0 Å². The van der Waals surface area contributed by atoms with Crippen LogP contribution in [0.1, 0.15) is 26.3 Å². The van der Waals surface area contributed by atoms with Gasteiger partial charge in [0.2, 0.25) is 0 Å². The highest BCUT2D eigenvalue weighted by molar-refractivity contribution is 5.78. The van der Waals surface area contributed by atoms with Crippen LogP contribution in [0.15, 0.2) is 42.5 Å². The van der Waals surface area contributed by atoms with Gasteiger partial charge >= 0.3 is 0 Å². The van der Waals surface area contributed by atoms with Crippen LogP contribution < -0.4 is 0 Å². The van der Waals surface area contributed by atoms with Crippen LogP contribution in [0.5, 0.6) is 0 Å². The highest BCUT2D eigenvalue weighted by Gasteiger charge is 2.30. The monoisotopic (exact) mass is 233 g/mol. The van der Waals surface area contributed by atoms with Crippen molar-refractivity contribution in [2.45, 2.75) is 32.7 Å². The molecule has 0 aromatic heterocycles. The third-order valence-corrected chi connectivity index (χ3v) is 3.01. The second-order valence-electron chi connectivity index (χ2n) is 4.71. The van der Waals surface area contributed by atoms with Gasteiger partial charge in [0.25, 0.3) is 5.91 Å². The first kappa shape index (κ1) is 13.5. The fourth-order valence-corrected chi connectivity index (χ4v) is 1.34. The van der Waals surface area contributed by atoms with Gasteiger partial charge < -0.3 is 0 Å². The third kappa shape index (κ3) is 3.17. The molecular weight excluding hydrogens is 214 g/mol. The molecule has 0 spiro atoms. The van der Waals surface area contributed by atoms with Crippen LogP contribution in [0, 0.1) is 0 Å². The molecule has 0 heterocycles. The molecule has 1 N–H and O–H groups in total. The lowest BCUT2D eigenvalue weighted by atomic mass is 9.96. The fraction of sp³-hybridized carbons (Fsp3) is 0.357. The van der Waals surface area contributed by atoms with Crippen molar-refractivity contribution in [1.82, 2.24) is 5.06 Å². The van der Waals surface area contributed by atoms with Crippen LogP contribution in [0.3, 0.4) is 0 Å². The normalized spacial score (nSPS) is 11.1. The van der Waals surface area contributed by atoms with Crippen molar-refractivity contribution in [2.75, 3.05) is 0 Å². The molecule has 0 aliphatic carbocycles. The fourth-order valence-electron chi connectivity index (χ4n) is 1.34. The zero-order valence-electron chi connectivity index (χ0n) is 10.6. The Morgan fingerprint density at radius 2 is 1.88 bits per heavy atom. The minimum Gasteiger partial charge on any atom is -0.285 e. The second-order valence-corrected chi connectivity index (χ2v) is 4.71. The number of carbonyl (C=O) groups excluding carboxylic acids is 1. The Hall–Kier alpha value is -1.61. The van der Waals surface area contributed by atoms with Crippen LogP contribution in [0.25, 0.3) is 0 Å². The van der Waals surface area contributed by atoms with E-state index in [2.05, 4.69) is 6.58 Å². The van der Waals surface area contributed by atoms with E-state index in [9.17, 15) is 10.0 Å². The number of rotatable bonds is 4. The minimum absolute atomic E-state index is 0.189. The smallest absolute Gasteiger partial charge is 0.251 e. The van der Waals surface area contributed by atoms with Crippen molar-refractivity contribution < 1.29 is 10.0 Å². The zero-order chi connectivity index (χ0) is 13.1. The lowest BCUT2D eigenvalue weighted by Crippen LogP contribution is -2.46. The van der Waals surface area contributed by atoms with Crippen molar-refractivity contribution >= 4 is 5.91 Å². The van der Waals surface area contributed by atoms with Gasteiger partial charge in [-0.15, -0.1) is 0 Å². The molecule has 3 heteroatoms. The molecule has 0 aliphatic heterocycles. The molecule has 0 saturated heterocycles. The summed E-state index contributed by atoms with van der Waals surface area (Å²) >= 11 is 0. The summed E-state index contributed by atoms with van der Waals surface area (Å²) in [6.45, 7) is 9.10. The quantitative estimate of drug-likeness (QED) is 0.493. The molecule has 3 nitrogen and oxygen atoms in total. The molecule has 1 aromatic carbocycles. The van der Waals surface area contributed by atoms with Crippen molar-refractivity contribution in [1.29, 1.82) is 0 Å². The molecule has 0 radical (unpaired) electrons. The number of carbonyl (C=O) groups is 1. The van der Waals surface area contributed by atoms with E-state index in [0.717, 1.165) is 16.2 Å². The van der Waals surface area contributed by atoms with E-state index < -0.39 is 5.54 Å². The standard InChI is InChI=1S/C14H19NO2/c1-11(2)14(3,4)15(17)13(16)10-12-8-6-5-7-9-12/h5-9,17H,1,10H2,2-4H3. The van der Waals surface area contributed by atoms with Gasteiger partial charge in [-0.25, -0.2) is 5.06 Å². The summed E-state index contributed by atoms with van der Waals surface area (Å²) in [4.78, 5) is 11.9. The summed E-state index contributed by atoms with van der Waals surface area (Å²) < 4.78 is 0. The number of hydroxylamine groups is 2. The number of amides is 1. The van der Waals surface area contributed by atoms with Gasteiger partial charge in [0.15, 0.2) is 0 Å². The van der Waals surface area contributed by atoms with Gasteiger partial charge in [-0.3, -0.25) is 10.0 Å². The zero-order valence-corrected chi connectivity index (χ0v) is 10.6. The van der Waals surface area contributed by atoms with E-state index in [-0.39, 0.29) is 12.3 Å². The third-order valence-electron chi connectivity index (χ3n) is 3.01. The Bertz CT molecular complexity index is 409. The second kappa shape index (κ2) is 5.15. The highest BCUT2D eigenvalue weighted by atomic mass is 16.5. The molecule has 1 aromatic rings. The first-order chi connectivity index (χ1) is 7.85. The largest absolute Gasteiger partial charge is 0.285 e. The van der Waals surface area contributed by atoms with E-state index in [0.29, 0.717) is 0 Å². The molecule has 0 saturated carbocycles. The van der Waals surface area contributed by atoms with Gasteiger partial charge in [-0.1, -0.05) is 42.5 Å². The molecule has 17 heavy (non-hydrogen) atoms. The summed E-state index contributed by atoms with van der Waals surface area (Å²) in [5.74, 6) is -0.329. The molecule has 0 aliphatic rings. The summed E-state index contributed by atoms with van der Waals surface area (Å²) in [6, 6.07) is 9.35. The maximum Gasteiger partial charge on any atom is 0.251 e. The first-order valence-corrected chi connectivity index (χ1v) is 5.57. The lowest BCUT2D eigenvalue weighted by molar-refractivity contribution is -0.183. The molecular formula is C14H19NO2. The predicted molar refractivity (Wildman–Crippen MR) is 67.7 cm³/mol. The molecule has 1 amide bonds. The van der Waals surface area contributed by atoms with Gasteiger partial charge in [0, 0.05) is 0 Å². The maximum absolute atomic E-state index is 11.9. The first-order valence-electron chi connectivity index (χ1n) is 5.57. The van der Waals surface area contributed by atoms with Crippen LogP contribution in [-0.2, 0) is 11.2 Å². The Labute approximate surface area is 102 Å². The maximum atomic E-state index is 11.9. The number of hydrogen-bond acceptors (Lipinski definition) is 2. The van der Waals surface area contributed by atoms with Gasteiger partial charge in [-0.05, 0) is 26.3 Å². The van der Waals surface area contributed by atoms with Crippen LogP contribution in [0.4, 0.5) is 0 Å². The van der Waals surface area contributed by atoms with Crippen molar-refractivity contribution in [3.05, 3.63) is 48.0 Å². The average molecular weight is 233 g/mol. The summed E-state index contributed by atoms with van der Waals surface area (Å²) in [5, 5.41) is 10.7. The van der Waals surface area contributed by atoms with E-state index >= 15 is 0 Å². The Kier molecular flexibility index (Phi) is 4.07. The van der Waals surface area contributed by atoms with Gasteiger partial charge in [0.1, 0.15) is 0 Å². The predicted octanol–water partition coefficient (Wildman–Crippen LogP) is 2.80. The molecule has 1 rings (SSSR count). The van der Waals surface area contributed by atoms with Gasteiger partial charge in [0.05, 0.1) is 12.0 Å². The molecule has 92 valence electrons. The minimum atomic E-state index is -0.744. The molecule has 0 unspecified atom stereocenters. The SMILES string of the molecule is C=C(C)C(C)(C)N(O)C(=O)Cc1ccccc1. The summed E-state index contributed by atoms with van der Waals surface area (Å²) in [7, 11) is 0. The number of hydrogen-bond donors (Lipinski definition) is 1. The molecule has 0 fully saturated rings. The number of benzene rings is 1. The Balaban J connectivity index is 2.75. The molecule has 0 atom stereocenters. The highest BCUT2D eigenvalue weighted by Crippen LogP contribution is 2.21. The van der Waals surface area contributed by atoms with Crippen LogP contribution in [0.2, 0.25) is 0 Å². The average Bonchev–Trinajstić information content (AvgIpc) is 2.29. The van der Waals surface area contributed by atoms with Crippen molar-refractivity contribution in [3.63, 3.8) is 0 Å². The van der Waals surface area contributed by atoms with E-state index in [4.69, 9.17) is 0 Å². The van der Waals surface area contributed by atoms with E-state index in [1.54, 1.807) is 20.8 Å². The number of nitrogens with zero attached hydrogens (tertiary/aromatic N) is 1. The Morgan fingerprint density at radius 3 is 2.35 bits per heavy atom. The lowest BCUT2D eigenvalue weighted by Gasteiger charge is -2.33. The van der Waals surface area contributed by atoms with E-state index in [1.807, 2.05) is 30.3 Å². The van der Waals surface area contributed by atoms with Gasteiger partial charge in [-0.2, -0.15) is 0 Å². The van der Waals surface area contributed by atoms with Crippen LogP contribution >= 0.6 is 0 Å². The van der Waals surface area contributed by atoms with Crippen molar-refractivity contribution in [3.8, 4) is 0 Å². The summed E-state index contributed by atoms with van der Waals surface area (Å²) in [5.41, 5.74) is 0.877. The van der Waals surface area contributed by atoms with Crippen LogP contribution in [-0.4, -0.2) is 21.7 Å².